The molecule has 0 radical (unpaired) electrons. The number of carbonyl (C=O) groups is 2. The summed E-state index contributed by atoms with van der Waals surface area (Å²) in [6.45, 7) is 0.657. The summed E-state index contributed by atoms with van der Waals surface area (Å²) in [5.74, 6) is 0.894. The molecule has 2 fully saturated rings. The Kier molecular flexibility index (Phi) is 4.71. The maximum Gasteiger partial charge on any atom is 0.250 e. The summed E-state index contributed by atoms with van der Waals surface area (Å²) in [6, 6.07) is 24.8. The molecule has 0 aromatic heterocycles. The van der Waals surface area contributed by atoms with Crippen molar-refractivity contribution in [2.75, 3.05) is 12.4 Å². The number of Topliss-reactive ketones (excluding diaryl/α,β-unsaturated/α-hetero) is 1. The van der Waals surface area contributed by atoms with Crippen LogP contribution in [0.5, 0.6) is 5.75 Å². The highest BCUT2D eigenvalue weighted by atomic mass is 16.5. The molecule has 5 heteroatoms. The Morgan fingerprint density at radius 1 is 0.917 bits per heavy atom. The summed E-state index contributed by atoms with van der Waals surface area (Å²) in [5.41, 5.74) is 3.64. The first kappa shape index (κ1) is 21.8. The Labute approximate surface area is 211 Å². The zero-order valence-corrected chi connectivity index (χ0v) is 20.5. The largest absolute Gasteiger partial charge is 0.497 e. The van der Waals surface area contributed by atoms with Gasteiger partial charge in [-0.15, -0.1) is 0 Å². The molecular weight excluding hydrogens is 448 g/mol. The van der Waals surface area contributed by atoms with Gasteiger partial charge in [0.1, 0.15) is 17.1 Å². The van der Waals surface area contributed by atoms with Crippen molar-refractivity contribution >= 4 is 17.4 Å². The first-order valence-electron chi connectivity index (χ1n) is 13.0. The highest BCUT2D eigenvalue weighted by Gasteiger charge is 2.76. The van der Waals surface area contributed by atoms with Gasteiger partial charge in [-0.1, -0.05) is 61.0 Å². The molecule has 182 valence electrons. The molecule has 5 nitrogen and oxygen atoms in total. The zero-order chi connectivity index (χ0) is 24.5. The predicted molar refractivity (Wildman–Crippen MR) is 138 cm³/mol. The lowest BCUT2D eigenvalue weighted by Gasteiger charge is -2.49. The number of nitrogens with one attached hydrogen (secondary N) is 1. The van der Waals surface area contributed by atoms with Gasteiger partial charge in [0.25, 0.3) is 5.91 Å². The fourth-order valence-electron chi connectivity index (χ4n) is 8.07. The Balaban J connectivity index is 1.55. The molecule has 36 heavy (non-hydrogen) atoms. The van der Waals surface area contributed by atoms with Gasteiger partial charge in [0.15, 0.2) is 0 Å². The quantitative estimate of drug-likeness (QED) is 0.550. The van der Waals surface area contributed by atoms with Crippen LogP contribution in [0.3, 0.4) is 0 Å². The number of fused-ring (bicyclic) bond motifs is 6. The Morgan fingerprint density at radius 3 is 2.44 bits per heavy atom. The minimum atomic E-state index is -1.02. The number of ether oxygens (including phenoxy) is 1. The van der Waals surface area contributed by atoms with E-state index >= 15 is 0 Å². The van der Waals surface area contributed by atoms with E-state index in [0.29, 0.717) is 19.4 Å². The van der Waals surface area contributed by atoms with E-state index in [-0.39, 0.29) is 23.7 Å². The number of anilines is 1. The lowest BCUT2D eigenvalue weighted by molar-refractivity contribution is -0.149. The van der Waals surface area contributed by atoms with E-state index in [0.717, 1.165) is 41.8 Å². The minimum Gasteiger partial charge on any atom is -0.497 e. The monoisotopic (exact) mass is 478 g/mol. The molecule has 0 bridgehead atoms. The summed E-state index contributed by atoms with van der Waals surface area (Å²) >= 11 is 0. The van der Waals surface area contributed by atoms with E-state index in [2.05, 4.69) is 52.7 Å². The van der Waals surface area contributed by atoms with E-state index in [1.807, 2.05) is 30.3 Å². The number of methoxy groups -OCH3 is 1. The smallest absolute Gasteiger partial charge is 0.250 e. The lowest BCUT2D eigenvalue weighted by Crippen LogP contribution is -2.60. The second-order valence-electron chi connectivity index (χ2n) is 10.7. The molecule has 3 heterocycles. The van der Waals surface area contributed by atoms with Crippen molar-refractivity contribution in [1.29, 1.82) is 0 Å². The van der Waals surface area contributed by atoms with Crippen LogP contribution in [0.4, 0.5) is 5.69 Å². The number of rotatable bonds is 2. The zero-order valence-electron chi connectivity index (χ0n) is 20.5. The molecule has 3 aromatic rings. The van der Waals surface area contributed by atoms with Gasteiger partial charge in [-0.25, -0.2) is 0 Å². The number of amides is 1. The first-order valence-corrected chi connectivity index (χ1v) is 13.0. The van der Waals surface area contributed by atoms with Gasteiger partial charge in [0.2, 0.25) is 0 Å². The van der Waals surface area contributed by atoms with Crippen molar-refractivity contribution in [3.8, 4) is 5.75 Å². The second-order valence-corrected chi connectivity index (χ2v) is 10.7. The van der Waals surface area contributed by atoms with E-state index in [9.17, 15) is 9.59 Å². The van der Waals surface area contributed by atoms with Crippen molar-refractivity contribution in [3.63, 3.8) is 0 Å². The number of hydrogen-bond acceptors (Lipinski definition) is 4. The summed E-state index contributed by atoms with van der Waals surface area (Å²) in [6.07, 6.45) is 3.90. The number of para-hydroxylation sites is 1. The summed E-state index contributed by atoms with van der Waals surface area (Å²) < 4.78 is 5.46. The highest BCUT2D eigenvalue weighted by Crippen LogP contribution is 2.69. The molecule has 1 saturated carbocycles. The van der Waals surface area contributed by atoms with E-state index in [4.69, 9.17) is 4.74 Å². The average Bonchev–Trinajstić information content (AvgIpc) is 3.35. The van der Waals surface area contributed by atoms with Gasteiger partial charge in [0.05, 0.1) is 12.5 Å². The number of nitrogens with zero attached hydrogens (tertiary/aromatic N) is 1. The SMILES string of the molecule is COc1ccc([C@H]2[C@@H]3Cc4ccccc4CN3[C@@]3(C(=O)Nc4ccccc43)[C@@]23CCCCC3=O)cc1. The van der Waals surface area contributed by atoms with Crippen LogP contribution < -0.4 is 10.1 Å². The average molecular weight is 479 g/mol. The lowest BCUT2D eigenvalue weighted by atomic mass is 9.53. The van der Waals surface area contributed by atoms with Crippen molar-refractivity contribution in [2.24, 2.45) is 5.41 Å². The maximum absolute atomic E-state index is 14.4. The summed E-state index contributed by atoms with van der Waals surface area (Å²) in [5, 5.41) is 3.22. The molecule has 1 amide bonds. The van der Waals surface area contributed by atoms with Gasteiger partial charge < -0.3 is 10.1 Å². The fraction of sp³-hybridized carbons (Fsp3) is 0.355. The third-order valence-corrected chi connectivity index (χ3v) is 9.37. The molecule has 4 atom stereocenters. The van der Waals surface area contributed by atoms with Crippen molar-refractivity contribution in [3.05, 3.63) is 95.1 Å². The molecule has 1 N–H and O–H groups in total. The number of ketones is 1. The minimum absolute atomic E-state index is 0.0345. The van der Waals surface area contributed by atoms with Gasteiger partial charge >= 0.3 is 0 Å². The Bertz CT molecular complexity index is 1380. The topological polar surface area (TPSA) is 58.6 Å². The standard InChI is InChI=1S/C31H30N2O3/c1-36-23-15-13-20(14-16-23)28-26-18-21-8-2-3-9-22(21)19-33(26)31(30(28)17-7-6-12-27(30)34)24-10-4-5-11-25(24)32-29(31)35/h2-5,8-11,13-16,26,28H,6-7,12,17-19H2,1H3,(H,32,35)/t26-,28-,30+,31-/m0/s1. The van der Waals surface area contributed by atoms with Crippen LogP contribution >= 0.6 is 0 Å². The molecule has 0 unspecified atom stereocenters. The van der Waals surface area contributed by atoms with Crippen LogP contribution in [-0.4, -0.2) is 29.7 Å². The predicted octanol–water partition coefficient (Wildman–Crippen LogP) is 5.20. The van der Waals surface area contributed by atoms with Gasteiger partial charge in [-0.2, -0.15) is 0 Å². The molecule has 4 aliphatic rings. The van der Waals surface area contributed by atoms with Crippen LogP contribution in [0.1, 0.15) is 53.9 Å². The highest BCUT2D eigenvalue weighted by molar-refractivity contribution is 6.11. The number of hydrogen-bond donors (Lipinski definition) is 1. The molecular formula is C31H30N2O3. The van der Waals surface area contributed by atoms with Gasteiger partial charge in [-0.05, 0) is 54.2 Å². The van der Waals surface area contributed by atoms with Crippen molar-refractivity contribution in [2.45, 2.75) is 56.1 Å². The third kappa shape index (κ3) is 2.59. The van der Waals surface area contributed by atoms with Crippen molar-refractivity contribution < 1.29 is 14.3 Å². The Hall–Kier alpha value is -3.44. The van der Waals surface area contributed by atoms with E-state index in [1.165, 1.54) is 11.1 Å². The molecule has 2 spiro atoms. The van der Waals surface area contributed by atoms with Crippen LogP contribution in [-0.2, 0) is 28.1 Å². The molecule has 1 aliphatic carbocycles. The van der Waals surface area contributed by atoms with Crippen LogP contribution in [0, 0.1) is 5.41 Å². The van der Waals surface area contributed by atoms with Crippen LogP contribution in [0.2, 0.25) is 0 Å². The molecule has 3 aromatic carbocycles. The van der Waals surface area contributed by atoms with E-state index < -0.39 is 11.0 Å². The van der Waals surface area contributed by atoms with Crippen LogP contribution in [0.15, 0.2) is 72.8 Å². The molecule has 7 rings (SSSR count). The normalized spacial score (nSPS) is 30.7. The number of benzene rings is 3. The van der Waals surface area contributed by atoms with E-state index in [1.54, 1.807) is 7.11 Å². The number of carbonyl (C=O) groups excluding carboxylic acids is 2. The first-order chi connectivity index (χ1) is 17.6. The van der Waals surface area contributed by atoms with Gasteiger partial charge in [0, 0.05) is 36.2 Å². The summed E-state index contributed by atoms with van der Waals surface area (Å²) in [7, 11) is 1.67. The fourth-order valence-corrected chi connectivity index (χ4v) is 8.07. The third-order valence-electron chi connectivity index (χ3n) is 9.37. The summed E-state index contributed by atoms with van der Waals surface area (Å²) in [4.78, 5) is 31.2. The second kappa shape index (κ2) is 7.78. The maximum atomic E-state index is 14.4. The Morgan fingerprint density at radius 2 is 1.67 bits per heavy atom. The van der Waals surface area contributed by atoms with Gasteiger partial charge in [-0.3, -0.25) is 14.5 Å². The molecule has 1 saturated heterocycles. The van der Waals surface area contributed by atoms with Crippen molar-refractivity contribution in [1.82, 2.24) is 4.90 Å². The van der Waals surface area contributed by atoms with Crippen LogP contribution in [0.25, 0.3) is 0 Å². The molecule has 3 aliphatic heterocycles.